The maximum Gasteiger partial charge on any atom is 0.241 e. The van der Waals surface area contributed by atoms with Crippen LogP contribution in [0.3, 0.4) is 0 Å². The smallest absolute Gasteiger partial charge is 0.241 e. The Labute approximate surface area is 165 Å². The molecule has 5 nitrogen and oxygen atoms in total. The van der Waals surface area contributed by atoms with Crippen LogP contribution in [0.5, 0.6) is 0 Å². The molecule has 2 N–H and O–H groups in total. The van der Waals surface area contributed by atoms with E-state index in [1.807, 2.05) is 73.7 Å². The van der Waals surface area contributed by atoms with Gasteiger partial charge in [0, 0.05) is 11.4 Å². The van der Waals surface area contributed by atoms with E-state index in [0.717, 1.165) is 27.7 Å². The van der Waals surface area contributed by atoms with E-state index in [0.29, 0.717) is 0 Å². The van der Waals surface area contributed by atoms with Crippen molar-refractivity contribution < 1.29 is 9.59 Å². The van der Waals surface area contributed by atoms with Gasteiger partial charge in [-0.2, -0.15) is 0 Å². The van der Waals surface area contributed by atoms with Crippen molar-refractivity contribution in [3.05, 3.63) is 72.3 Å². The fourth-order valence-electron chi connectivity index (χ4n) is 2.91. The standard InChI is InChI=1S/C23H25N3O2/c1-16-8-11-20(12-9-16)24-22(27)15-26(3)17(2)23(28)25-21-13-10-18-6-4-5-7-19(18)14-21/h4-14,17H,15H2,1-3H3,(H,24,27)(H,25,28)/t17-/m0/s1. The van der Waals surface area contributed by atoms with Gasteiger partial charge in [0.1, 0.15) is 0 Å². The number of amides is 2. The van der Waals surface area contributed by atoms with E-state index >= 15 is 0 Å². The van der Waals surface area contributed by atoms with Gasteiger partial charge < -0.3 is 10.6 Å². The van der Waals surface area contributed by atoms with Crippen LogP contribution in [0.2, 0.25) is 0 Å². The average molecular weight is 375 g/mol. The van der Waals surface area contributed by atoms with Gasteiger partial charge in [-0.05, 0) is 55.9 Å². The van der Waals surface area contributed by atoms with Crippen LogP contribution in [-0.2, 0) is 9.59 Å². The molecule has 1 atom stereocenters. The van der Waals surface area contributed by atoms with Crippen LogP contribution >= 0.6 is 0 Å². The SMILES string of the molecule is Cc1ccc(NC(=O)CN(C)[C@@H](C)C(=O)Nc2ccc3ccccc3c2)cc1. The van der Waals surface area contributed by atoms with Crippen molar-refractivity contribution in [1.29, 1.82) is 0 Å². The molecule has 0 aliphatic carbocycles. The second-order valence-electron chi connectivity index (χ2n) is 7.06. The van der Waals surface area contributed by atoms with E-state index in [9.17, 15) is 9.59 Å². The molecule has 2 amide bonds. The summed E-state index contributed by atoms with van der Waals surface area (Å²) in [6, 6.07) is 21.0. The largest absolute Gasteiger partial charge is 0.325 e. The van der Waals surface area contributed by atoms with Crippen LogP contribution in [-0.4, -0.2) is 36.3 Å². The molecule has 5 heteroatoms. The topological polar surface area (TPSA) is 61.4 Å². The molecule has 144 valence electrons. The summed E-state index contributed by atoms with van der Waals surface area (Å²) < 4.78 is 0. The third-order valence-electron chi connectivity index (χ3n) is 4.79. The van der Waals surface area contributed by atoms with Crippen molar-refractivity contribution in [2.24, 2.45) is 0 Å². The van der Waals surface area contributed by atoms with E-state index in [4.69, 9.17) is 0 Å². The van der Waals surface area contributed by atoms with Crippen molar-refractivity contribution in [2.75, 3.05) is 24.2 Å². The van der Waals surface area contributed by atoms with Crippen LogP contribution in [0.15, 0.2) is 66.7 Å². The molecule has 0 radical (unpaired) electrons. The molecule has 3 aromatic rings. The molecule has 0 aliphatic rings. The highest BCUT2D eigenvalue weighted by Crippen LogP contribution is 2.19. The molecule has 3 rings (SSSR count). The Balaban J connectivity index is 1.56. The van der Waals surface area contributed by atoms with Crippen LogP contribution in [0.1, 0.15) is 12.5 Å². The van der Waals surface area contributed by atoms with Gasteiger partial charge in [0.15, 0.2) is 0 Å². The van der Waals surface area contributed by atoms with Crippen molar-refractivity contribution in [3.8, 4) is 0 Å². The molecule has 0 saturated heterocycles. The van der Waals surface area contributed by atoms with Crippen molar-refractivity contribution >= 4 is 34.0 Å². The summed E-state index contributed by atoms with van der Waals surface area (Å²) in [7, 11) is 1.76. The summed E-state index contributed by atoms with van der Waals surface area (Å²) in [6.45, 7) is 3.91. The first-order valence-electron chi connectivity index (χ1n) is 9.29. The highest BCUT2D eigenvalue weighted by atomic mass is 16.2. The minimum atomic E-state index is -0.449. The fourth-order valence-corrected chi connectivity index (χ4v) is 2.91. The van der Waals surface area contributed by atoms with E-state index < -0.39 is 6.04 Å². The monoisotopic (exact) mass is 375 g/mol. The predicted octanol–water partition coefficient (Wildman–Crippen LogP) is 4.05. The molecule has 28 heavy (non-hydrogen) atoms. The Morgan fingerprint density at radius 3 is 2.25 bits per heavy atom. The van der Waals surface area contributed by atoms with Gasteiger partial charge in [-0.15, -0.1) is 0 Å². The Bertz CT molecular complexity index is 983. The maximum atomic E-state index is 12.6. The van der Waals surface area contributed by atoms with Gasteiger partial charge in [0.2, 0.25) is 11.8 Å². The van der Waals surface area contributed by atoms with Crippen LogP contribution < -0.4 is 10.6 Å². The first-order valence-corrected chi connectivity index (χ1v) is 9.29. The minimum absolute atomic E-state index is 0.125. The third-order valence-corrected chi connectivity index (χ3v) is 4.79. The van der Waals surface area contributed by atoms with E-state index in [1.165, 1.54) is 0 Å². The summed E-state index contributed by atoms with van der Waals surface area (Å²) in [5.74, 6) is -0.308. The Morgan fingerprint density at radius 2 is 1.54 bits per heavy atom. The number of nitrogens with zero attached hydrogens (tertiary/aromatic N) is 1. The number of aryl methyl sites for hydroxylation is 1. The number of fused-ring (bicyclic) bond motifs is 1. The quantitative estimate of drug-likeness (QED) is 0.683. The normalized spacial score (nSPS) is 12.0. The number of rotatable bonds is 6. The number of hydrogen-bond donors (Lipinski definition) is 2. The molecule has 0 aliphatic heterocycles. The lowest BCUT2D eigenvalue weighted by molar-refractivity contribution is -0.122. The molecular formula is C23H25N3O2. The van der Waals surface area contributed by atoms with Gasteiger partial charge in [0.05, 0.1) is 12.6 Å². The average Bonchev–Trinajstić information content (AvgIpc) is 2.69. The van der Waals surface area contributed by atoms with Gasteiger partial charge >= 0.3 is 0 Å². The van der Waals surface area contributed by atoms with Crippen molar-refractivity contribution in [2.45, 2.75) is 19.9 Å². The Morgan fingerprint density at radius 1 is 0.893 bits per heavy atom. The zero-order valence-electron chi connectivity index (χ0n) is 16.4. The van der Waals surface area contributed by atoms with Gasteiger partial charge in [-0.1, -0.05) is 48.0 Å². The summed E-state index contributed by atoms with van der Waals surface area (Å²) in [4.78, 5) is 26.6. The summed E-state index contributed by atoms with van der Waals surface area (Å²) in [6.07, 6.45) is 0. The van der Waals surface area contributed by atoms with E-state index in [1.54, 1.807) is 18.9 Å². The molecule has 0 aromatic heterocycles. The van der Waals surface area contributed by atoms with Crippen LogP contribution in [0, 0.1) is 6.92 Å². The highest BCUT2D eigenvalue weighted by Gasteiger charge is 2.20. The highest BCUT2D eigenvalue weighted by molar-refractivity contribution is 5.98. The minimum Gasteiger partial charge on any atom is -0.325 e. The lowest BCUT2D eigenvalue weighted by Gasteiger charge is -2.23. The number of hydrogen-bond acceptors (Lipinski definition) is 3. The number of likely N-dealkylation sites (N-methyl/N-ethyl adjacent to an activating group) is 1. The fraction of sp³-hybridized carbons (Fsp3) is 0.217. The summed E-state index contributed by atoms with van der Waals surface area (Å²) in [5, 5.41) is 7.97. The van der Waals surface area contributed by atoms with Crippen LogP contribution in [0.25, 0.3) is 10.8 Å². The number of carbonyl (C=O) groups is 2. The summed E-state index contributed by atoms with van der Waals surface area (Å²) in [5.41, 5.74) is 2.62. The molecule has 0 bridgehead atoms. The number of carbonyl (C=O) groups excluding carboxylic acids is 2. The first-order chi connectivity index (χ1) is 13.4. The second kappa shape index (κ2) is 8.67. The van der Waals surface area contributed by atoms with Gasteiger partial charge in [-0.3, -0.25) is 14.5 Å². The number of nitrogens with one attached hydrogen (secondary N) is 2. The third kappa shape index (κ3) is 4.96. The number of anilines is 2. The van der Waals surface area contributed by atoms with Crippen LogP contribution in [0.4, 0.5) is 11.4 Å². The lowest BCUT2D eigenvalue weighted by Crippen LogP contribution is -2.43. The van der Waals surface area contributed by atoms with Gasteiger partial charge in [-0.25, -0.2) is 0 Å². The first kappa shape index (κ1) is 19.6. The maximum absolute atomic E-state index is 12.6. The van der Waals surface area contributed by atoms with Crippen molar-refractivity contribution in [1.82, 2.24) is 4.90 Å². The zero-order chi connectivity index (χ0) is 20.1. The summed E-state index contributed by atoms with van der Waals surface area (Å²) >= 11 is 0. The molecule has 0 heterocycles. The zero-order valence-corrected chi connectivity index (χ0v) is 16.4. The predicted molar refractivity (Wildman–Crippen MR) is 114 cm³/mol. The molecular weight excluding hydrogens is 350 g/mol. The molecule has 0 fully saturated rings. The second-order valence-corrected chi connectivity index (χ2v) is 7.06. The lowest BCUT2D eigenvalue weighted by atomic mass is 10.1. The van der Waals surface area contributed by atoms with Gasteiger partial charge in [0.25, 0.3) is 0 Å². The molecule has 0 spiro atoms. The van der Waals surface area contributed by atoms with E-state index in [2.05, 4.69) is 10.6 Å². The molecule has 3 aromatic carbocycles. The molecule has 0 unspecified atom stereocenters. The molecule has 0 saturated carbocycles. The number of benzene rings is 3. The Kier molecular flexibility index (Phi) is 6.06. The Hall–Kier alpha value is -3.18. The van der Waals surface area contributed by atoms with Crippen molar-refractivity contribution in [3.63, 3.8) is 0 Å². The van der Waals surface area contributed by atoms with E-state index in [-0.39, 0.29) is 18.4 Å².